The van der Waals surface area contributed by atoms with Crippen LogP contribution in [-0.2, 0) is 9.47 Å². The van der Waals surface area contributed by atoms with Crippen LogP contribution in [0.15, 0.2) is 17.0 Å². The van der Waals surface area contributed by atoms with E-state index in [2.05, 4.69) is 25.9 Å². The van der Waals surface area contributed by atoms with Crippen molar-refractivity contribution in [2.24, 2.45) is 0 Å². The molecule has 2 aromatic heterocycles. The quantitative estimate of drug-likeness (QED) is 0.866. The largest absolute Gasteiger partial charge is 0.388 e. The number of nitrogens with two attached hydrogens (primary N) is 1. The topological polar surface area (TPSA) is 95.4 Å². The fraction of sp³-hybridized carbons (Fsp3) is 0.500. The van der Waals surface area contributed by atoms with Gasteiger partial charge in [-0.15, -0.1) is 0 Å². The summed E-state index contributed by atoms with van der Waals surface area (Å²) in [7, 11) is 1.61. The Morgan fingerprint density at radius 1 is 1.60 bits per heavy atom. The second-order valence-corrected chi connectivity index (χ2v) is 5.60. The van der Waals surface area contributed by atoms with Crippen molar-refractivity contribution >= 4 is 32.8 Å². The summed E-state index contributed by atoms with van der Waals surface area (Å²) in [6.07, 6.45) is 2.48. The molecule has 20 heavy (non-hydrogen) atoms. The van der Waals surface area contributed by atoms with Crippen LogP contribution in [0.25, 0.3) is 11.0 Å². The van der Waals surface area contributed by atoms with Crippen molar-refractivity contribution < 1.29 is 14.6 Å². The molecule has 1 saturated heterocycles. The summed E-state index contributed by atoms with van der Waals surface area (Å²) in [4.78, 5) is 8.20. The number of anilines is 1. The van der Waals surface area contributed by atoms with Crippen LogP contribution in [0.2, 0.25) is 0 Å². The minimum absolute atomic E-state index is 0.129. The average molecular weight is 343 g/mol. The lowest BCUT2D eigenvalue weighted by atomic mass is 10.2. The van der Waals surface area contributed by atoms with Gasteiger partial charge in [-0.1, -0.05) is 0 Å². The Balaban J connectivity index is 2.01. The van der Waals surface area contributed by atoms with Gasteiger partial charge in [-0.2, -0.15) is 0 Å². The minimum Gasteiger partial charge on any atom is -0.388 e. The van der Waals surface area contributed by atoms with Crippen LogP contribution < -0.4 is 5.73 Å². The fourth-order valence-corrected chi connectivity index (χ4v) is 3.13. The van der Waals surface area contributed by atoms with Gasteiger partial charge in [-0.05, 0) is 15.9 Å². The van der Waals surface area contributed by atoms with Gasteiger partial charge in [0.1, 0.15) is 23.9 Å². The molecule has 1 fully saturated rings. The summed E-state index contributed by atoms with van der Waals surface area (Å²) >= 11 is 3.44. The molecule has 2 aromatic rings. The Morgan fingerprint density at radius 3 is 3.15 bits per heavy atom. The molecule has 3 heterocycles. The molecule has 0 aliphatic carbocycles. The second kappa shape index (κ2) is 5.28. The number of methoxy groups -OCH3 is 1. The Morgan fingerprint density at radius 2 is 2.40 bits per heavy atom. The van der Waals surface area contributed by atoms with E-state index in [1.54, 1.807) is 17.9 Å². The fourth-order valence-electron chi connectivity index (χ4n) is 2.53. The predicted octanol–water partition coefficient (Wildman–Crippen LogP) is 1.07. The van der Waals surface area contributed by atoms with E-state index in [-0.39, 0.29) is 6.10 Å². The van der Waals surface area contributed by atoms with Crippen LogP contribution in [0.3, 0.4) is 0 Å². The lowest BCUT2D eigenvalue weighted by Gasteiger charge is -2.17. The zero-order valence-corrected chi connectivity index (χ0v) is 12.4. The third-order valence-corrected chi connectivity index (χ3v) is 3.99. The van der Waals surface area contributed by atoms with Crippen LogP contribution >= 0.6 is 15.9 Å². The molecule has 0 saturated carbocycles. The minimum atomic E-state index is -0.617. The third kappa shape index (κ3) is 2.18. The number of aliphatic hydroxyl groups excluding tert-OH is 1. The van der Waals surface area contributed by atoms with Crippen LogP contribution in [0.5, 0.6) is 0 Å². The number of aromatic nitrogens is 3. The monoisotopic (exact) mass is 342 g/mol. The van der Waals surface area contributed by atoms with Gasteiger partial charge in [0.2, 0.25) is 0 Å². The standard InChI is InChI=1S/C12H15BrN4O3/c1-19-4-6-2-8(18)12(20-6)17-3-7(13)9-10(14)15-5-16-11(9)17/h3,5-6,8,12,18H,2,4H2,1H3,(H2,14,15,16)/t6-,8+,12+/m0/s1. The van der Waals surface area contributed by atoms with Crippen molar-refractivity contribution in [1.82, 2.24) is 14.5 Å². The summed E-state index contributed by atoms with van der Waals surface area (Å²) in [5.74, 6) is 0.390. The molecule has 3 atom stereocenters. The summed E-state index contributed by atoms with van der Waals surface area (Å²) in [5, 5.41) is 10.9. The molecule has 8 heteroatoms. The van der Waals surface area contributed by atoms with Crippen molar-refractivity contribution in [2.75, 3.05) is 19.5 Å². The van der Waals surface area contributed by atoms with Gasteiger partial charge in [0.25, 0.3) is 0 Å². The zero-order valence-electron chi connectivity index (χ0n) is 10.9. The number of fused-ring (bicyclic) bond motifs is 1. The number of aliphatic hydroxyl groups is 1. The molecule has 0 radical (unpaired) electrons. The van der Waals surface area contributed by atoms with Gasteiger partial charge in [-0.25, -0.2) is 9.97 Å². The van der Waals surface area contributed by atoms with Gasteiger partial charge in [-0.3, -0.25) is 0 Å². The van der Waals surface area contributed by atoms with E-state index in [1.807, 2.05) is 0 Å². The number of hydrogen-bond acceptors (Lipinski definition) is 6. The number of nitrogens with zero attached hydrogens (tertiary/aromatic N) is 3. The van der Waals surface area contributed by atoms with Gasteiger partial charge in [0.05, 0.1) is 18.1 Å². The van der Waals surface area contributed by atoms with Crippen molar-refractivity contribution in [1.29, 1.82) is 0 Å². The Hall–Kier alpha value is -1.22. The Labute approximate surface area is 123 Å². The van der Waals surface area contributed by atoms with E-state index in [0.29, 0.717) is 24.5 Å². The molecule has 0 spiro atoms. The van der Waals surface area contributed by atoms with Gasteiger partial charge >= 0.3 is 0 Å². The Bertz CT molecular complexity index is 632. The molecule has 108 valence electrons. The summed E-state index contributed by atoms with van der Waals surface area (Å²) in [6, 6.07) is 0. The highest BCUT2D eigenvalue weighted by atomic mass is 79.9. The smallest absolute Gasteiger partial charge is 0.161 e. The normalized spacial score (nSPS) is 26.4. The number of halogens is 1. The zero-order chi connectivity index (χ0) is 14.3. The lowest BCUT2D eigenvalue weighted by molar-refractivity contribution is -0.0539. The molecule has 0 aromatic carbocycles. The van der Waals surface area contributed by atoms with Crippen LogP contribution in [-0.4, -0.2) is 45.6 Å². The summed E-state index contributed by atoms with van der Waals surface area (Å²) < 4.78 is 13.4. The Kier molecular flexibility index (Phi) is 3.63. The molecule has 0 bridgehead atoms. The average Bonchev–Trinajstić information content (AvgIpc) is 2.92. The van der Waals surface area contributed by atoms with E-state index in [4.69, 9.17) is 15.2 Å². The second-order valence-electron chi connectivity index (χ2n) is 4.75. The summed E-state index contributed by atoms with van der Waals surface area (Å²) in [6.45, 7) is 0.449. The van der Waals surface area contributed by atoms with Crippen LogP contribution in [0.1, 0.15) is 12.6 Å². The highest BCUT2D eigenvalue weighted by Crippen LogP contribution is 2.36. The molecule has 0 unspecified atom stereocenters. The van der Waals surface area contributed by atoms with Crippen LogP contribution in [0, 0.1) is 0 Å². The molecule has 3 rings (SSSR count). The first-order valence-corrected chi connectivity index (χ1v) is 7.00. The first-order chi connectivity index (χ1) is 9.61. The molecular formula is C12H15BrN4O3. The predicted molar refractivity (Wildman–Crippen MR) is 76.1 cm³/mol. The first-order valence-electron chi connectivity index (χ1n) is 6.20. The molecule has 7 nitrogen and oxygen atoms in total. The van der Waals surface area contributed by atoms with Crippen molar-refractivity contribution in [3.63, 3.8) is 0 Å². The van der Waals surface area contributed by atoms with Crippen molar-refractivity contribution in [3.8, 4) is 0 Å². The highest BCUT2D eigenvalue weighted by molar-refractivity contribution is 9.10. The summed E-state index contributed by atoms with van der Waals surface area (Å²) in [5.41, 5.74) is 6.49. The SMILES string of the molecule is COC[C@@H]1C[C@@H](O)[C@H](n2cc(Br)c3c(N)ncnc32)O1. The van der Waals surface area contributed by atoms with E-state index in [1.165, 1.54) is 6.33 Å². The van der Waals surface area contributed by atoms with E-state index < -0.39 is 12.3 Å². The van der Waals surface area contributed by atoms with Crippen LogP contribution in [0.4, 0.5) is 5.82 Å². The number of rotatable bonds is 3. The highest BCUT2D eigenvalue weighted by Gasteiger charge is 2.36. The number of hydrogen-bond donors (Lipinski definition) is 2. The van der Waals surface area contributed by atoms with E-state index >= 15 is 0 Å². The first kappa shape index (κ1) is 13.7. The molecule has 1 aliphatic rings. The lowest BCUT2D eigenvalue weighted by Crippen LogP contribution is -2.19. The number of nitrogen functional groups attached to an aromatic ring is 1. The molecular weight excluding hydrogens is 328 g/mol. The molecule has 0 amide bonds. The third-order valence-electron chi connectivity index (χ3n) is 3.38. The van der Waals surface area contributed by atoms with Gasteiger partial charge in [0.15, 0.2) is 6.23 Å². The maximum atomic E-state index is 10.2. The molecule has 3 N–H and O–H groups in total. The number of ether oxygens (including phenoxy) is 2. The van der Waals surface area contributed by atoms with Gasteiger partial charge < -0.3 is 24.9 Å². The van der Waals surface area contributed by atoms with Gasteiger partial charge in [0, 0.05) is 24.2 Å². The maximum absolute atomic E-state index is 10.2. The van der Waals surface area contributed by atoms with Crippen molar-refractivity contribution in [2.45, 2.75) is 24.9 Å². The van der Waals surface area contributed by atoms with E-state index in [0.717, 1.165) is 9.86 Å². The van der Waals surface area contributed by atoms with E-state index in [9.17, 15) is 5.11 Å². The van der Waals surface area contributed by atoms with Crippen molar-refractivity contribution in [3.05, 3.63) is 17.0 Å². The molecule has 1 aliphatic heterocycles. The maximum Gasteiger partial charge on any atom is 0.161 e.